The minimum Gasteiger partial charge on any atom is -0.299 e. The van der Waals surface area contributed by atoms with Gasteiger partial charge in [-0.05, 0) is 36.5 Å². The van der Waals surface area contributed by atoms with Crippen molar-refractivity contribution in [3.63, 3.8) is 0 Å². The molecule has 2 atom stereocenters. The highest BCUT2D eigenvalue weighted by molar-refractivity contribution is 5.86. The average Bonchev–Trinajstić information content (AvgIpc) is 3.23. The number of hydrogen-bond acceptors (Lipinski definition) is 2. The lowest BCUT2D eigenvalue weighted by Gasteiger charge is -2.03. The van der Waals surface area contributed by atoms with Crippen molar-refractivity contribution in [2.75, 3.05) is 0 Å². The van der Waals surface area contributed by atoms with Crippen LogP contribution in [0.25, 0.3) is 0 Å². The van der Waals surface area contributed by atoms with E-state index in [4.69, 9.17) is 0 Å². The van der Waals surface area contributed by atoms with E-state index >= 15 is 0 Å². The number of carbonyl (C=O) groups excluding carboxylic acids is 1. The second-order valence-corrected chi connectivity index (χ2v) is 5.27. The highest BCUT2D eigenvalue weighted by Crippen LogP contribution is 2.48. The molecule has 0 saturated heterocycles. The van der Waals surface area contributed by atoms with Crippen LogP contribution in [0.3, 0.4) is 0 Å². The van der Waals surface area contributed by atoms with E-state index in [1.54, 1.807) is 6.20 Å². The lowest BCUT2D eigenvalue weighted by atomic mass is 10.0. The van der Waals surface area contributed by atoms with Gasteiger partial charge in [0.15, 0.2) is 0 Å². The van der Waals surface area contributed by atoms with E-state index in [1.807, 2.05) is 37.3 Å². The van der Waals surface area contributed by atoms with Crippen LogP contribution in [0.5, 0.6) is 0 Å². The van der Waals surface area contributed by atoms with E-state index in [1.165, 1.54) is 5.56 Å². The van der Waals surface area contributed by atoms with E-state index in [2.05, 4.69) is 17.1 Å². The van der Waals surface area contributed by atoms with Crippen LogP contribution in [0, 0.1) is 12.8 Å². The summed E-state index contributed by atoms with van der Waals surface area (Å²) in [6, 6.07) is 14.2. The van der Waals surface area contributed by atoms with Gasteiger partial charge in [-0.2, -0.15) is 0 Å². The van der Waals surface area contributed by atoms with E-state index in [0.29, 0.717) is 18.1 Å². The van der Waals surface area contributed by atoms with Gasteiger partial charge in [-0.3, -0.25) is 9.78 Å². The summed E-state index contributed by atoms with van der Waals surface area (Å²) in [4.78, 5) is 16.6. The van der Waals surface area contributed by atoms with Crippen molar-refractivity contribution in [1.29, 1.82) is 0 Å². The summed E-state index contributed by atoms with van der Waals surface area (Å²) >= 11 is 0. The van der Waals surface area contributed by atoms with E-state index in [0.717, 1.165) is 17.7 Å². The van der Waals surface area contributed by atoms with Crippen LogP contribution in [0.1, 0.15) is 29.2 Å². The number of pyridine rings is 1. The molecule has 0 radical (unpaired) electrons. The van der Waals surface area contributed by atoms with Gasteiger partial charge in [0.05, 0.1) is 5.69 Å². The molecule has 0 N–H and O–H groups in total. The zero-order valence-electron chi connectivity index (χ0n) is 11.0. The number of aryl methyl sites for hydroxylation is 1. The van der Waals surface area contributed by atoms with Gasteiger partial charge >= 0.3 is 0 Å². The highest BCUT2D eigenvalue weighted by Gasteiger charge is 2.43. The summed E-state index contributed by atoms with van der Waals surface area (Å²) in [5, 5.41) is 0. The van der Waals surface area contributed by atoms with Gasteiger partial charge in [0.1, 0.15) is 5.78 Å². The SMILES string of the molecule is Cc1cccnc1CC(=O)C1CC1c1ccccc1. The summed E-state index contributed by atoms with van der Waals surface area (Å²) in [6.07, 6.45) is 3.23. The first-order valence-corrected chi connectivity index (χ1v) is 6.74. The normalized spacial score (nSPS) is 21.1. The summed E-state index contributed by atoms with van der Waals surface area (Å²) in [6.45, 7) is 2.01. The topological polar surface area (TPSA) is 30.0 Å². The summed E-state index contributed by atoms with van der Waals surface area (Å²) < 4.78 is 0. The van der Waals surface area contributed by atoms with Crippen LogP contribution in [-0.2, 0) is 11.2 Å². The molecule has 2 aromatic rings. The number of nitrogens with zero attached hydrogens (tertiary/aromatic N) is 1. The summed E-state index contributed by atoms with van der Waals surface area (Å²) in [5.41, 5.74) is 3.32. The minimum absolute atomic E-state index is 0.198. The minimum atomic E-state index is 0.198. The fraction of sp³-hybridized carbons (Fsp3) is 0.294. The Hall–Kier alpha value is -1.96. The van der Waals surface area contributed by atoms with Crippen LogP contribution in [0.2, 0.25) is 0 Å². The molecule has 2 nitrogen and oxygen atoms in total. The smallest absolute Gasteiger partial charge is 0.142 e. The second-order valence-electron chi connectivity index (χ2n) is 5.27. The molecule has 1 fully saturated rings. The molecule has 2 unspecified atom stereocenters. The third-order valence-electron chi connectivity index (χ3n) is 3.89. The van der Waals surface area contributed by atoms with Crippen LogP contribution in [-0.4, -0.2) is 10.8 Å². The Morgan fingerprint density at radius 2 is 2.00 bits per heavy atom. The average molecular weight is 251 g/mol. The molecule has 0 bridgehead atoms. The standard InChI is InChI=1S/C17H17NO/c1-12-6-5-9-18-16(12)11-17(19)15-10-14(15)13-7-3-2-4-8-13/h2-9,14-15H,10-11H2,1H3. The van der Waals surface area contributed by atoms with Crippen molar-refractivity contribution < 1.29 is 4.79 Å². The van der Waals surface area contributed by atoms with Crippen molar-refractivity contribution >= 4 is 5.78 Å². The maximum absolute atomic E-state index is 12.3. The number of ketones is 1. The van der Waals surface area contributed by atoms with Gasteiger partial charge in [-0.1, -0.05) is 36.4 Å². The number of rotatable bonds is 4. The van der Waals surface area contributed by atoms with Gasteiger partial charge in [-0.15, -0.1) is 0 Å². The molecule has 2 heteroatoms. The van der Waals surface area contributed by atoms with Crippen molar-refractivity contribution in [3.8, 4) is 0 Å². The molecule has 1 heterocycles. The lowest BCUT2D eigenvalue weighted by molar-refractivity contribution is -0.119. The van der Waals surface area contributed by atoms with Crippen LogP contribution < -0.4 is 0 Å². The van der Waals surface area contributed by atoms with Crippen molar-refractivity contribution in [2.24, 2.45) is 5.92 Å². The first-order valence-electron chi connectivity index (χ1n) is 6.74. The molecule has 1 aromatic carbocycles. The molecule has 1 saturated carbocycles. The first-order chi connectivity index (χ1) is 9.25. The molecule has 0 amide bonds. The van der Waals surface area contributed by atoms with Gasteiger partial charge in [0.25, 0.3) is 0 Å². The fourth-order valence-corrected chi connectivity index (χ4v) is 2.62. The Morgan fingerprint density at radius 3 is 2.74 bits per heavy atom. The van der Waals surface area contributed by atoms with Crippen LogP contribution in [0.4, 0.5) is 0 Å². The van der Waals surface area contributed by atoms with E-state index in [9.17, 15) is 4.79 Å². The number of Topliss-reactive ketones (excluding diaryl/α,β-unsaturated/α-hetero) is 1. The Kier molecular flexibility index (Phi) is 3.16. The maximum atomic E-state index is 12.3. The van der Waals surface area contributed by atoms with Gasteiger partial charge in [-0.25, -0.2) is 0 Å². The summed E-state index contributed by atoms with van der Waals surface area (Å²) in [7, 11) is 0. The number of carbonyl (C=O) groups is 1. The molecular formula is C17H17NO. The molecule has 3 rings (SSSR count). The quantitative estimate of drug-likeness (QED) is 0.834. The van der Waals surface area contributed by atoms with Crippen molar-refractivity contribution in [1.82, 2.24) is 4.98 Å². The van der Waals surface area contributed by atoms with Gasteiger partial charge in [0.2, 0.25) is 0 Å². The van der Waals surface area contributed by atoms with Gasteiger partial charge in [0, 0.05) is 18.5 Å². The number of benzene rings is 1. The first kappa shape index (κ1) is 12.1. The molecular weight excluding hydrogens is 234 g/mol. The van der Waals surface area contributed by atoms with Crippen LogP contribution >= 0.6 is 0 Å². The monoisotopic (exact) mass is 251 g/mol. The molecule has 0 aliphatic heterocycles. The Morgan fingerprint density at radius 1 is 1.21 bits per heavy atom. The third kappa shape index (κ3) is 2.58. The molecule has 19 heavy (non-hydrogen) atoms. The second kappa shape index (κ2) is 4.96. The Bertz CT molecular complexity index is 591. The van der Waals surface area contributed by atoms with E-state index < -0.39 is 0 Å². The predicted octanol–water partition coefficient (Wildman–Crippen LogP) is 3.31. The van der Waals surface area contributed by atoms with Crippen LogP contribution in [0.15, 0.2) is 48.7 Å². The fourth-order valence-electron chi connectivity index (χ4n) is 2.62. The van der Waals surface area contributed by atoms with Crippen molar-refractivity contribution in [3.05, 3.63) is 65.5 Å². The maximum Gasteiger partial charge on any atom is 0.142 e. The van der Waals surface area contributed by atoms with E-state index in [-0.39, 0.29) is 5.92 Å². The zero-order chi connectivity index (χ0) is 13.2. The zero-order valence-corrected chi connectivity index (χ0v) is 11.0. The number of aromatic nitrogens is 1. The molecule has 96 valence electrons. The largest absolute Gasteiger partial charge is 0.299 e. The lowest BCUT2D eigenvalue weighted by Crippen LogP contribution is -2.09. The molecule has 1 aliphatic carbocycles. The summed E-state index contributed by atoms with van der Waals surface area (Å²) in [5.74, 6) is 0.956. The Labute approximate surface area is 113 Å². The highest BCUT2D eigenvalue weighted by atomic mass is 16.1. The predicted molar refractivity (Wildman–Crippen MR) is 75.0 cm³/mol. The number of hydrogen-bond donors (Lipinski definition) is 0. The molecule has 0 spiro atoms. The van der Waals surface area contributed by atoms with Crippen molar-refractivity contribution in [2.45, 2.75) is 25.7 Å². The molecule has 1 aromatic heterocycles. The molecule has 1 aliphatic rings. The van der Waals surface area contributed by atoms with Gasteiger partial charge < -0.3 is 0 Å². The third-order valence-corrected chi connectivity index (χ3v) is 3.89. The Balaban J connectivity index is 1.66.